The van der Waals surface area contributed by atoms with Crippen LogP contribution in [0.2, 0.25) is 0 Å². The lowest BCUT2D eigenvalue weighted by Gasteiger charge is -2.14. The largest absolute Gasteiger partial charge is 0.497 e. The number of carboxylic acids is 1. The van der Waals surface area contributed by atoms with E-state index in [1.165, 1.54) is 50.4 Å². The Morgan fingerprint density at radius 3 is 2.29 bits per heavy atom. The lowest BCUT2D eigenvalue weighted by Crippen LogP contribution is -2.18. The first-order valence-corrected chi connectivity index (χ1v) is 8.95. The fourth-order valence-corrected chi connectivity index (χ4v) is 2.58. The first kappa shape index (κ1) is 22.0. The monoisotopic (exact) mass is 438 g/mol. The van der Waals surface area contributed by atoms with Gasteiger partial charge < -0.3 is 23.7 Å². The van der Waals surface area contributed by atoms with Crippen molar-refractivity contribution in [3.05, 3.63) is 58.4 Å². The zero-order chi connectivity index (χ0) is 22.8. The van der Waals surface area contributed by atoms with Crippen molar-refractivity contribution in [3.63, 3.8) is 0 Å². The van der Waals surface area contributed by atoms with Gasteiger partial charge in [0, 0.05) is 6.07 Å². The number of rotatable bonds is 7. The SMILES string of the molecule is COc1ccc(Oc2c(C(F)(F)F)oc3cc(OCC(C)C(=O)O)ccc3c2=O)cc1. The molecule has 10 heteroatoms. The number of alkyl halides is 3. The highest BCUT2D eigenvalue weighted by Crippen LogP contribution is 2.38. The molecule has 0 saturated heterocycles. The maximum atomic E-state index is 13.6. The smallest absolute Gasteiger partial charge is 0.453 e. The van der Waals surface area contributed by atoms with Crippen LogP contribution in [0.25, 0.3) is 11.0 Å². The van der Waals surface area contributed by atoms with Gasteiger partial charge in [-0.15, -0.1) is 0 Å². The molecule has 3 aromatic rings. The molecule has 0 saturated carbocycles. The van der Waals surface area contributed by atoms with E-state index >= 15 is 0 Å². The second-order valence-electron chi connectivity index (χ2n) is 6.57. The van der Waals surface area contributed by atoms with Crippen LogP contribution in [-0.2, 0) is 11.0 Å². The number of carbonyl (C=O) groups is 1. The van der Waals surface area contributed by atoms with Crippen molar-refractivity contribution < 1.29 is 41.7 Å². The third kappa shape index (κ3) is 4.90. The lowest BCUT2D eigenvalue weighted by molar-refractivity contribution is -0.154. The molecule has 2 aromatic carbocycles. The molecule has 164 valence electrons. The Morgan fingerprint density at radius 2 is 1.71 bits per heavy atom. The Hall–Kier alpha value is -3.69. The van der Waals surface area contributed by atoms with Gasteiger partial charge in [0.15, 0.2) is 0 Å². The van der Waals surface area contributed by atoms with Crippen LogP contribution in [0.15, 0.2) is 51.7 Å². The Balaban J connectivity index is 2.03. The summed E-state index contributed by atoms with van der Waals surface area (Å²) in [5, 5.41) is 8.73. The summed E-state index contributed by atoms with van der Waals surface area (Å²) in [6.45, 7) is 1.20. The summed E-state index contributed by atoms with van der Waals surface area (Å²) < 4.78 is 61.2. The van der Waals surface area contributed by atoms with Gasteiger partial charge in [-0.1, -0.05) is 0 Å². The summed E-state index contributed by atoms with van der Waals surface area (Å²) in [5.74, 6) is -4.03. The van der Waals surface area contributed by atoms with Gasteiger partial charge in [0.25, 0.3) is 5.76 Å². The van der Waals surface area contributed by atoms with E-state index in [2.05, 4.69) is 0 Å². The molecule has 0 amide bonds. The predicted molar refractivity (Wildman–Crippen MR) is 103 cm³/mol. The molecule has 0 fully saturated rings. The third-order valence-corrected chi connectivity index (χ3v) is 4.28. The molecule has 1 atom stereocenters. The average Bonchev–Trinajstić information content (AvgIpc) is 2.73. The number of hydrogen-bond acceptors (Lipinski definition) is 6. The summed E-state index contributed by atoms with van der Waals surface area (Å²) in [4.78, 5) is 23.6. The molecule has 1 heterocycles. The van der Waals surface area contributed by atoms with Crippen LogP contribution in [0.3, 0.4) is 0 Å². The van der Waals surface area contributed by atoms with Crippen molar-refractivity contribution in [1.29, 1.82) is 0 Å². The maximum absolute atomic E-state index is 13.6. The normalized spacial score (nSPS) is 12.4. The zero-order valence-corrected chi connectivity index (χ0v) is 16.4. The molecular weight excluding hydrogens is 421 g/mol. The molecule has 1 unspecified atom stereocenters. The minimum atomic E-state index is -5.01. The molecular formula is C21H17F3O7. The Labute approximate surface area is 173 Å². The van der Waals surface area contributed by atoms with E-state index in [1.807, 2.05) is 0 Å². The molecule has 1 aromatic heterocycles. The molecule has 0 spiro atoms. The number of ether oxygens (including phenoxy) is 3. The Morgan fingerprint density at radius 1 is 1.10 bits per heavy atom. The Bertz CT molecular complexity index is 1150. The van der Waals surface area contributed by atoms with Crippen molar-refractivity contribution in [2.75, 3.05) is 13.7 Å². The zero-order valence-electron chi connectivity index (χ0n) is 16.4. The van der Waals surface area contributed by atoms with Crippen LogP contribution < -0.4 is 19.6 Å². The third-order valence-electron chi connectivity index (χ3n) is 4.28. The van der Waals surface area contributed by atoms with E-state index < -0.39 is 35.0 Å². The van der Waals surface area contributed by atoms with E-state index in [1.54, 1.807) is 0 Å². The molecule has 7 nitrogen and oxygen atoms in total. The maximum Gasteiger partial charge on any atom is 0.453 e. The summed E-state index contributed by atoms with van der Waals surface area (Å²) >= 11 is 0. The highest BCUT2D eigenvalue weighted by molar-refractivity contribution is 5.80. The van der Waals surface area contributed by atoms with Gasteiger partial charge in [-0.2, -0.15) is 13.2 Å². The summed E-state index contributed by atoms with van der Waals surface area (Å²) in [6.07, 6.45) is -5.01. The molecule has 0 radical (unpaired) electrons. The van der Waals surface area contributed by atoms with Crippen molar-refractivity contribution in [2.24, 2.45) is 5.92 Å². The average molecular weight is 438 g/mol. The highest BCUT2D eigenvalue weighted by atomic mass is 19.4. The van der Waals surface area contributed by atoms with Crippen LogP contribution in [-0.4, -0.2) is 24.8 Å². The standard InChI is InChI=1S/C21H17F3O7/c1-11(20(26)27)10-29-14-7-8-15-16(9-14)31-19(21(22,23)24)18(17(15)25)30-13-5-3-12(28-2)4-6-13/h3-9,11H,10H2,1-2H3,(H,26,27). The van der Waals surface area contributed by atoms with Crippen LogP contribution in [0.4, 0.5) is 13.2 Å². The van der Waals surface area contributed by atoms with Crippen molar-refractivity contribution in [1.82, 2.24) is 0 Å². The fourth-order valence-electron chi connectivity index (χ4n) is 2.58. The van der Waals surface area contributed by atoms with Gasteiger partial charge in [-0.25, -0.2) is 0 Å². The lowest BCUT2D eigenvalue weighted by atomic mass is 10.2. The molecule has 0 bridgehead atoms. The number of fused-ring (bicyclic) bond motifs is 1. The van der Waals surface area contributed by atoms with E-state index in [9.17, 15) is 22.8 Å². The Kier molecular flexibility index (Phi) is 6.09. The first-order valence-electron chi connectivity index (χ1n) is 8.95. The number of benzene rings is 2. The van der Waals surface area contributed by atoms with Gasteiger partial charge in [0.05, 0.1) is 18.4 Å². The van der Waals surface area contributed by atoms with Crippen LogP contribution in [0.1, 0.15) is 12.7 Å². The van der Waals surface area contributed by atoms with Gasteiger partial charge >= 0.3 is 12.1 Å². The van der Waals surface area contributed by atoms with Gasteiger partial charge in [-0.3, -0.25) is 9.59 Å². The number of methoxy groups -OCH3 is 1. The molecule has 0 aliphatic carbocycles. The van der Waals surface area contributed by atoms with E-state index in [0.717, 1.165) is 6.07 Å². The van der Waals surface area contributed by atoms with Gasteiger partial charge in [-0.05, 0) is 43.3 Å². The van der Waals surface area contributed by atoms with Crippen LogP contribution >= 0.6 is 0 Å². The minimum Gasteiger partial charge on any atom is -0.497 e. The second kappa shape index (κ2) is 8.58. The topological polar surface area (TPSA) is 95.2 Å². The van der Waals surface area contributed by atoms with Crippen LogP contribution in [0, 0.1) is 5.92 Å². The second-order valence-corrected chi connectivity index (χ2v) is 6.57. The highest BCUT2D eigenvalue weighted by Gasteiger charge is 2.40. The van der Waals surface area contributed by atoms with E-state index in [-0.39, 0.29) is 29.1 Å². The van der Waals surface area contributed by atoms with E-state index in [4.69, 9.17) is 23.7 Å². The van der Waals surface area contributed by atoms with Crippen molar-refractivity contribution in [3.8, 4) is 23.0 Å². The van der Waals surface area contributed by atoms with Gasteiger partial charge in [0.2, 0.25) is 11.2 Å². The molecule has 3 rings (SSSR count). The molecule has 0 aliphatic rings. The summed E-state index contributed by atoms with van der Waals surface area (Å²) in [7, 11) is 1.43. The number of carboxylic acid groups (broad SMARTS) is 1. The van der Waals surface area contributed by atoms with E-state index in [0.29, 0.717) is 5.75 Å². The summed E-state index contributed by atoms with van der Waals surface area (Å²) in [6, 6.07) is 9.28. The molecule has 31 heavy (non-hydrogen) atoms. The van der Waals surface area contributed by atoms with Crippen LogP contribution in [0.5, 0.6) is 23.0 Å². The minimum absolute atomic E-state index is 0.0134. The number of halogens is 3. The first-order chi connectivity index (χ1) is 14.6. The quantitative estimate of drug-likeness (QED) is 0.571. The summed E-state index contributed by atoms with van der Waals surface area (Å²) in [5.41, 5.74) is -1.39. The fraction of sp³-hybridized carbons (Fsp3) is 0.238. The van der Waals surface area contributed by atoms with Crippen molar-refractivity contribution >= 4 is 16.9 Å². The molecule has 0 aliphatic heterocycles. The number of hydrogen-bond donors (Lipinski definition) is 1. The predicted octanol–water partition coefficient (Wildman–Crippen LogP) is 4.71. The van der Waals surface area contributed by atoms with Crippen molar-refractivity contribution in [2.45, 2.75) is 13.1 Å². The molecule has 1 N–H and O–H groups in total. The number of aliphatic carboxylic acids is 1. The van der Waals surface area contributed by atoms with Gasteiger partial charge in [0.1, 0.15) is 29.4 Å².